The molecule has 0 unspecified atom stereocenters. The zero-order valence-corrected chi connectivity index (χ0v) is 7.10. The average molecular weight is 169 g/mol. The Labute approximate surface area is 70.0 Å². The van der Waals surface area contributed by atoms with Gasteiger partial charge in [-0.05, 0) is 18.8 Å². The van der Waals surface area contributed by atoms with Gasteiger partial charge in [0.25, 0.3) is 0 Å². The van der Waals surface area contributed by atoms with Crippen molar-refractivity contribution in [2.24, 2.45) is 5.92 Å². The third-order valence-corrected chi connectivity index (χ3v) is 3.22. The van der Waals surface area contributed by atoms with Gasteiger partial charge in [0.2, 0.25) is 0 Å². The van der Waals surface area contributed by atoms with E-state index in [4.69, 9.17) is 0 Å². The van der Waals surface area contributed by atoms with Crippen LogP contribution in [0.15, 0.2) is 11.2 Å². The van der Waals surface area contributed by atoms with Gasteiger partial charge in [-0.2, -0.15) is 10.3 Å². The quantitative estimate of drug-likeness (QED) is 0.700. The first-order valence-electron chi connectivity index (χ1n) is 3.94. The lowest BCUT2D eigenvalue weighted by molar-refractivity contribution is 0.353. The van der Waals surface area contributed by atoms with Crippen molar-refractivity contribution in [3.05, 3.63) is 6.20 Å². The van der Waals surface area contributed by atoms with Gasteiger partial charge in [0.1, 0.15) is 5.03 Å². The van der Waals surface area contributed by atoms with Gasteiger partial charge in [0, 0.05) is 5.75 Å². The van der Waals surface area contributed by atoms with Crippen LogP contribution in [-0.4, -0.2) is 21.2 Å². The van der Waals surface area contributed by atoms with Crippen LogP contribution in [0.4, 0.5) is 0 Å². The number of hydrogen-bond acceptors (Lipinski definition) is 3. The summed E-state index contributed by atoms with van der Waals surface area (Å²) in [5, 5.41) is 11.4. The number of rotatable bonds is 3. The van der Waals surface area contributed by atoms with E-state index >= 15 is 0 Å². The van der Waals surface area contributed by atoms with E-state index in [1.165, 1.54) is 25.0 Å². The summed E-state index contributed by atoms with van der Waals surface area (Å²) in [6.07, 6.45) is 6.02. The molecule has 0 amide bonds. The summed E-state index contributed by atoms with van der Waals surface area (Å²) < 4.78 is 0. The molecule has 1 aromatic heterocycles. The molecule has 4 heteroatoms. The van der Waals surface area contributed by atoms with Gasteiger partial charge in [-0.15, -0.1) is 16.9 Å². The molecule has 11 heavy (non-hydrogen) atoms. The van der Waals surface area contributed by atoms with Crippen molar-refractivity contribution in [2.75, 3.05) is 5.75 Å². The number of H-pyrrole nitrogens is 1. The summed E-state index contributed by atoms with van der Waals surface area (Å²) in [5.41, 5.74) is 0. The Hall–Kier alpha value is -0.510. The second-order valence-corrected chi connectivity index (χ2v) is 3.96. The van der Waals surface area contributed by atoms with Gasteiger partial charge in [0.15, 0.2) is 0 Å². The van der Waals surface area contributed by atoms with Gasteiger partial charge in [-0.1, -0.05) is 6.42 Å². The van der Waals surface area contributed by atoms with Crippen LogP contribution in [0.25, 0.3) is 0 Å². The van der Waals surface area contributed by atoms with Crippen LogP contribution in [0.3, 0.4) is 0 Å². The summed E-state index contributed by atoms with van der Waals surface area (Å²) in [6.45, 7) is 0. The largest absolute Gasteiger partial charge is 0.197 e. The van der Waals surface area contributed by atoms with Crippen molar-refractivity contribution in [1.29, 1.82) is 0 Å². The molecule has 0 spiro atoms. The average Bonchev–Trinajstić information content (AvgIpc) is 2.36. The predicted octanol–water partition coefficient (Wildman–Crippen LogP) is 1.70. The zero-order chi connectivity index (χ0) is 7.52. The molecule has 1 saturated carbocycles. The lowest BCUT2D eigenvalue weighted by Gasteiger charge is -2.23. The second kappa shape index (κ2) is 3.26. The SMILES string of the molecule is c1n[nH]nc1SCC1CCC1. The Bertz CT molecular complexity index is 205. The smallest absolute Gasteiger partial charge is 0.138 e. The van der Waals surface area contributed by atoms with Crippen molar-refractivity contribution in [1.82, 2.24) is 15.4 Å². The highest BCUT2D eigenvalue weighted by molar-refractivity contribution is 7.99. The zero-order valence-electron chi connectivity index (χ0n) is 6.29. The van der Waals surface area contributed by atoms with E-state index < -0.39 is 0 Å². The maximum Gasteiger partial charge on any atom is 0.138 e. The highest BCUT2D eigenvalue weighted by Crippen LogP contribution is 2.31. The lowest BCUT2D eigenvalue weighted by atomic mass is 9.87. The normalized spacial score (nSPS) is 18.2. The van der Waals surface area contributed by atoms with E-state index in [1.807, 2.05) is 0 Å². The molecule has 0 atom stereocenters. The Morgan fingerprint density at radius 1 is 1.64 bits per heavy atom. The molecule has 3 nitrogen and oxygen atoms in total. The molecule has 1 aromatic rings. The Kier molecular flexibility index (Phi) is 2.12. The Morgan fingerprint density at radius 2 is 2.55 bits per heavy atom. The first-order chi connectivity index (χ1) is 5.45. The Balaban J connectivity index is 1.74. The summed E-state index contributed by atoms with van der Waals surface area (Å²) in [4.78, 5) is 0. The summed E-state index contributed by atoms with van der Waals surface area (Å²) in [6, 6.07) is 0. The topological polar surface area (TPSA) is 41.6 Å². The minimum absolute atomic E-state index is 0.941. The first kappa shape index (κ1) is 7.16. The maximum atomic E-state index is 3.97. The third kappa shape index (κ3) is 1.74. The van der Waals surface area contributed by atoms with Gasteiger partial charge < -0.3 is 0 Å². The molecule has 1 heterocycles. The molecule has 1 fully saturated rings. The molecule has 0 radical (unpaired) electrons. The standard InChI is InChI=1S/C7H11N3S/c1-2-6(3-1)5-11-7-4-8-10-9-7/h4,6H,1-3,5H2,(H,8,9,10). The molecule has 60 valence electrons. The number of nitrogens with one attached hydrogen (secondary N) is 1. The molecule has 0 saturated heterocycles. The number of hydrogen-bond donors (Lipinski definition) is 1. The molecule has 0 aliphatic heterocycles. The van der Waals surface area contributed by atoms with Gasteiger partial charge >= 0.3 is 0 Å². The highest BCUT2D eigenvalue weighted by Gasteiger charge is 2.17. The fourth-order valence-electron chi connectivity index (χ4n) is 1.12. The van der Waals surface area contributed by atoms with Crippen LogP contribution in [-0.2, 0) is 0 Å². The van der Waals surface area contributed by atoms with E-state index in [1.54, 1.807) is 18.0 Å². The molecular formula is C7H11N3S. The number of aromatic nitrogens is 3. The molecule has 0 aromatic carbocycles. The van der Waals surface area contributed by atoms with Crippen LogP contribution in [0.2, 0.25) is 0 Å². The molecule has 1 aliphatic rings. The van der Waals surface area contributed by atoms with Gasteiger partial charge in [-0.25, -0.2) is 0 Å². The lowest BCUT2D eigenvalue weighted by Crippen LogP contribution is -2.13. The predicted molar refractivity (Wildman–Crippen MR) is 44.4 cm³/mol. The first-order valence-corrected chi connectivity index (χ1v) is 4.92. The van der Waals surface area contributed by atoms with Crippen molar-refractivity contribution in [2.45, 2.75) is 24.3 Å². The van der Waals surface area contributed by atoms with Crippen LogP contribution in [0.5, 0.6) is 0 Å². The highest BCUT2D eigenvalue weighted by atomic mass is 32.2. The molecule has 1 aliphatic carbocycles. The van der Waals surface area contributed by atoms with Crippen LogP contribution < -0.4 is 0 Å². The van der Waals surface area contributed by atoms with Crippen LogP contribution in [0, 0.1) is 5.92 Å². The fourth-order valence-corrected chi connectivity index (χ4v) is 2.10. The van der Waals surface area contributed by atoms with Crippen molar-refractivity contribution >= 4 is 11.8 Å². The van der Waals surface area contributed by atoms with Crippen LogP contribution in [0.1, 0.15) is 19.3 Å². The van der Waals surface area contributed by atoms with E-state index in [-0.39, 0.29) is 0 Å². The van der Waals surface area contributed by atoms with Crippen molar-refractivity contribution < 1.29 is 0 Å². The van der Waals surface area contributed by atoms with Crippen molar-refractivity contribution in [3.8, 4) is 0 Å². The number of aromatic amines is 1. The number of nitrogens with zero attached hydrogens (tertiary/aromatic N) is 2. The summed E-state index contributed by atoms with van der Waals surface area (Å²) in [7, 11) is 0. The van der Waals surface area contributed by atoms with Crippen molar-refractivity contribution in [3.63, 3.8) is 0 Å². The summed E-state index contributed by atoms with van der Waals surface area (Å²) in [5.74, 6) is 2.16. The van der Waals surface area contributed by atoms with E-state index in [0.29, 0.717) is 0 Å². The maximum absolute atomic E-state index is 3.97. The van der Waals surface area contributed by atoms with Gasteiger partial charge in [-0.3, -0.25) is 0 Å². The molecule has 0 bridgehead atoms. The van der Waals surface area contributed by atoms with E-state index in [0.717, 1.165) is 10.9 Å². The monoisotopic (exact) mass is 169 g/mol. The minimum Gasteiger partial charge on any atom is -0.197 e. The van der Waals surface area contributed by atoms with E-state index in [2.05, 4.69) is 15.4 Å². The minimum atomic E-state index is 0.941. The van der Waals surface area contributed by atoms with Gasteiger partial charge in [0.05, 0.1) is 6.20 Å². The number of thioether (sulfide) groups is 1. The molecular weight excluding hydrogens is 158 g/mol. The van der Waals surface area contributed by atoms with E-state index in [9.17, 15) is 0 Å². The molecule has 1 N–H and O–H groups in total. The molecule has 2 rings (SSSR count). The summed E-state index contributed by atoms with van der Waals surface area (Å²) >= 11 is 1.81. The fraction of sp³-hybridized carbons (Fsp3) is 0.714. The second-order valence-electron chi connectivity index (χ2n) is 2.92. The third-order valence-electron chi connectivity index (χ3n) is 2.08. The Morgan fingerprint density at radius 3 is 3.09 bits per heavy atom. The van der Waals surface area contributed by atoms with Crippen LogP contribution >= 0.6 is 11.8 Å².